The number of carbonyl (C=O) groups is 2. The summed E-state index contributed by atoms with van der Waals surface area (Å²) in [6.07, 6.45) is 1.78. The van der Waals surface area contributed by atoms with Crippen LogP contribution in [0, 0.1) is 6.92 Å². The van der Waals surface area contributed by atoms with Crippen LogP contribution in [0.1, 0.15) is 26.3 Å². The van der Waals surface area contributed by atoms with Crippen molar-refractivity contribution in [3.05, 3.63) is 65.4 Å². The van der Waals surface area contributed by atoms with Crippen molar-refractivity contribution in [1.29, 1.82) is 0 Å². The van der Waals surface area contributed by atoms with E-state index in [-0.39, 0.29) is 16.7 Å². The number of aromatic carboxylic acids is 2. The largest absolute Gasteiger partial charge is 0.478 e. The van der Waals surface area contributed by atoms with Crippen LogP contribution >= 0.6 is 0 Å². The summed E-state index contributed by atoms with van der Waals surface area (Å²) in [6.45, 7) is 1.52. The van der Waals surface area contributed by atoms with Crippen molar-refractivity contribution in [3.8, 4) is 5.69 Å². The third kappa shape index (κ3) is 2.03. The van der Waals surface area contributed by atoms with Crippen molar-refractivity contribution >= 4 is 22.8 Å². The monoisotopic (exact) mass is 295 g/mol. The van der Waals surface area contributed by atoms with Gasteiger partial charge in [-0.1, -0.05) is 18.2 Å². The van der Waals surface area contributed by atoms with Gasteiger partial charge in [-0.15, -0.1) is 0 Å². The highest BCUT2D eigenvalue weighted by atomic mass is 16.4. The molecule has 0 spiro atoms. The average molecular weight is 295 g/mol. The van der Waals surface area contributed by atoms with Crippen molar-refractivity contribution in [1.82, 2.24) is 4.57 Å². The Bertz CT molecular complexity index is 908. The first kappa shape index (κ1) is 13.9. The van der Waals surface area contributed by atoms with Gasteiger partial charge in [0.05, 0.1) is 22.3 Å². The molecule has 2 aromatic carbocycles. The fraction of sp³-hybridized carbons (Fsp3) is 0.0588. The molecule has 2 N–H and O–H groups in total. The third-order valence-electron chi connectivity index (χ3n) is 3.75. The molecule has 0 unspecified atom stereocenters. The molecule has 0 saturated carbocycles. The van der Waals surface area contributed by atoms with Crippen molar-refractivity contribution < 1.29 is 19.8 Å². The molecule has 5 nitrogen and oxygen atoms in total. The Morgan fingerprint density at radius 3 is 2.36 bits per heavy atom. The molecule has 0 saturated heterocycles. The second-order valence-corrected chi connectivity index (χ2v) is 4.99. The van der Waals surface area contributed by atoms with Gasteiger partial charge in [0.2, 0.25) is 0 Å². The van der Waals surface area contributed by atoms with E-state index in [1.54, 1.807) is 10.8 Å². The maximum Gasteiger partial charge on any atom is 0.338 e. The molecule has 0 aliphatic carbocycles. The number of rotatable bonds is 3. The molecule has 0 amide bonds. The highest BCUT2D eigenvalue weighted by molar-refractivity contribution is 6.00. The number of carboxylic acid groups (broad SMARTS) is 2. The van der Waals surface area contributed by atoms with E-state index in [1.807, 2.05) is 30.3 Å². The Labute approximate surface area is 126 Å². The molecule has 1 aromatic heterocycles. The summed E-state index contributed by atoms with van der Waals surface area (Å²) in [6, 6.07) is 12.5. The lowest BCUT2D eigenvalue weighted by Crippen LogP contribution is -2.11. The van der Waals surface area contributed by atoms with Gasteiger partial charge in [-0.2, -0.15) is 0 Å². The Morgan fingerprint density at radius 1 is 0.955 bits per heavy atom. The summed E-state index contributed by atoms with van der Waals surface area (Å²) in [5.41, 5.74) is 1.57. The Balaban J connectivity index is 2.34. The van der Waals surface area contributed by atoms with Crippen molar-refractivity contribution in [2.75, 3.05) is 0 Å². The Hall–Kier alpha value is -3.08. The smallest absolute Gasteiger partial charge is 0.338 e. The molecule has 0 aliphatic heterocycles. The van der Waals surface area contributed by atoms with Crippen LogP contribution in [-0.4, -0.2) is 26.7 Å². The second-order valence-electron chi connectivity index (χ2n) is 4.99. The highest BCUT2D eigenvalue weighted by Crippen LogP contribution is 2.26. The molecule has 0 atom stereocenters. The van der Waals surface area contributed by atoms with E-state index >= 15 is 0 Å². The number of fused-ring (bicyclic) bond motifs is 1. The zero-order valence-corrected chi connectivity index (χ0v) is 11.8. The van der Waals surface area contributed by atoms with E-state index in [0.717, 1.165) is 10.9 Å². The predicted octanol–water partition coefficient (Wildman–Crippen LogP) is 3.34. The standard InChI is InChI=1S/C17H13NO4/c1-10-12(16(19)20)6-7-14(15(10)17(21)22)18-9-8-11-4-2-3-5-13(11)18/h2-9H,1H3,(H,19,20)(H,21,22). The first-order chi connectivity index (χ1) is 10.5. The van der Waals surface area contributed by atoms with Crippen LogP contribution in [0.25, 0.3) is 16.6 Å². The molecule has 5 heteroatoms. The van der Waals surface area contributed by atoms with Gasteiger partial charge in [0.15, 0.2) is 0 Å². The number of benzene rings is 2. The molecule has 3 rings (SSSR count). The highest BCUT2D eigenvalue weighted by Gasteiger charge is 2.20. The maximum atomic E-state index is 11.6. The quantitative estimate of drug-likeness (QED) is 0.776. The van der Waals surface area contributed by atoms with Crippen molar-refractivity contribution in [2.24, 2.45) is 0 Å². The van der Waals surface area contributed by atoms with Gasteiger partial charge in [0.25, 0.3) is 0 Å². The zero-order chi connectivity index (χ0) is 15.9. The number of hydrogen-bond donors (Lipinski definition) is 2. The summed E-state index contributed by atoms with van der Waals surface area (Å²) in [7, 11) is 0. The molecular weight excluding hydrogens is 282 g/mol. The zero-order valence-electron chi connectivity index (χ0n) is 11.8. The lowest BCUT2D eigenvalue weighted by atomic mass is 10.00. The fourth-order valence-electron chi connectivity index (χ4n) is 2.69. The molecule has 3 aromatic rings. The lowest BCUT2D eigenvalue weighted by molar-refractivity contribution is 0.0696. The van der Waals surface area contributed by atoms with Crippen LogP contribution in [0.4, 0.5) is 0 Å². The number of nitrogens with zero attached hydrogens (tertiary/aromatic N) is 1. The van der Waals surface area contributed by atoms with Gasteiger partial charge in [-0.05, 0) is 42.1 Å². The van der Waals surface area contributed by atoms with Crippen LogP contribution < -0.4 is 0 Å². The number of carboxylic acids is 2. The van der Waals surface area contributed by atoms with Gasteiger partial charge >= 0.3 is 11.9 Å². The minimum absolute atomic E-state index is 0.00116. The molecule has 22 heavy (non-hydrogen) atoms. The van der Waals surface area contributed by atoms with Crippen molar-refractivity contribution in [3.63, 3.8) is 0 Å². The van der Waals surface area contributed by atoms with E-state index in [9.17, 15) is 14.7 Å². The molecule has 0 bridgehead atoms. The first-order valence-corrected chi connectivity index (χ1v) is 6.67. The van der Waals surface area contributed by atoms with Crippen LogP contribution in [0.2, 0.25) is 0 Å². The lowest BCUT2D eigenvalue weighted by Gasteiger charge is -2.13. The second kappa shape index (κ2) is 5.04. The summed E-state index contributed by atoms with van der Waals surface area (Å²) in [5, 5.41) is 19.7. The first-order valence-electron chi connectivity index (χ1n) is 6.67. The maximum absolute atomic E-state index is 11.6. The number of para-hydroxylation sites is 1. The summed E-state index contributed by atoms with van der Waals surface area (Å²) < 4.78 is 1.76. The molecule has 110 valence electrons. The van der Waals surface area contributed by atoms with Gasteiger partial charge in [0.1, 0.15) is 0 Å². The van der Waals surface area contributed by atoms with Crippen molar-refractivity contribution in [2.45, 2.75) is 6.92 Å². The van der Waals surface area contributed by atoms with Gasteiger partial charge in [-0.3, -0.25) is 0 Å². The van der Waals surface area contributed by atoms with Gasteiger partial charge < -0.3 is 14.8 Å². The van der Waals surface area contributed by atoms with Crippen LogP contribution in [-0.2, 0) is 0 Å². The SMILES string of the molecule is Cc1c(C(=O)O)ccc(-n2ccc3ccccc32)c1C(=O)O. The minimum Gasteiger partial charge on any atom is -0.478 e. The number of aromatic nitrogens is 1. The molecule has 0 radical (unpaired) electrons. The fourth-order valence-corrected chi connectivity index (χ4v) is 2.69. The number of hydrogen-bond acceptors (Lipinski definition) is 2. The minimum atomic E-state index is -1.15. The van der Waals surface area contributed by atoms with E-state index in [4.69, 9.17) is 5.11 Å². The summed E-state index contributed by atoms with van der Waals surface area (Å²) >= 11 is 0. The van der Waals surface area contributed by atoms with Gasteiger partial charge in [0, 0.05) is 6.20 Å². The molecule has 1 heterocycles. The summed E-state index contributed by atoms with van der Waals surface area (Å²) in [4.78, 5) is 22.8. The van der Waals surface area contributed by atoms with Crippen LogP contribution in [0.5, 0.6) is 0 Å². The van der Waals surface area contributed by atoms with Crippen LogP contribution in [0.15, 0.2) is 48.7 Å². The van der Waals surface area contributed by atoms with E-state index in [2.05, 4.69) is 0 Å². The summed E-state index contributed by atoms with van der Waals surface area (Å²) in [5.74, 6) is -2.28. The normalized spacial score (nSPS) is 10.8. The van der Waals surface area contributed by atoms with E-state index < -0.39 is 11.9 Å². The van der Waals surface area contributed by atoms with E-state index in [0.29, 0.717) is 5.69 Å². The molecular formula is C17H13NO4. The Morgan fingerprint density at radius 2 is 1.68 bits per heavy atom. The molecule has 0 aliphatic rings. The third-order valence-corrected chi connectivity index (χ3v) is 3.75. The molecule has 0 fully saturated rings. The van der Waals surface area contributed by atoms with Crippen LogP contribution in [0.3, 0.4) is 0 Å². The Kier molecular flexibility index (Phi) is 3.18. The average Bonchev–Trinajstić information content (AvgIpc) is 2.89. The van der Waals surface area contributed by atoms with E-state index in [1.165, 1.54) is 19.1 Å². The predicted molar refractivity (Wildman–Crippen MR) is 81.9 cm³/mol. The van der Waals surface area contributed by atoms with Gasteiger partial charge in [-0.25, -0.2) is 9.59 Å². The topological polar surface area (TPSA) is 79.5 Å².